The second-order valence-electron chi connectivity index (χ2n) is 7.23. The molecule has 4 rings (SSSR count). The summed E-state index contributed by atoms with van der Waals surface area (Å²) in [7, 11) is 1.80. The number of amides is 1. The summed E-state index contributed by atoms with van der Waals surface area (Å²) in [6.45, 7) is 3.94. The van der Waals surface area contributed by atoms with E-state index in [4.69, 9.17) is 11.6 Å². The van der Waals surface area contributed by atoms with Gasteiger partial charge in [-0.25, -0.2) is 4.98 Å². The third kappa shape index (κ3) is 3.54. The smallest absolute Gasteiger partial charge is 0.275 e. The minimum Gasteiger partial charge on any atom is -0.336 e. The SMILES string of the molecule is Cc1c(Cl)c(C(=O)N2CCC[C@@H](c3nccn3Cc3ccncc3)C2)nn1C. The van der Waals surface area contributed by atoms with Crippen molar-refractivity contribution in [2.75, 3.05) is 13.1 Å². The zero-order valence-corrected chi connectivity index (χ0v) is 16.8. The highest BCUT2D eigenvalue weighted by Crippen LogP contribution is 2.29. The molecule has 1 atom stereocenters. The molecule has 146 valence electrons. The van der Waals surface area contributed by atoms with Gasteiger partial charge in [0, 0.05) is 57.4 Å². The highest BCUT2D eigenvalue weighted by Gasteiger charge is 2.30. The quantitative estimate of drug-likeness (QED) is 0.677. The van der Waals surface area contributed by atoms with Crippen LogP contribution in [0.4, 0.5) is 0 Å². The van der Waals surface area contributed by atoms with Crippen LogP contribution in [-0.2, 0) is 13.6 Å². The molecule has 0 radical (unpaired) electrons. The first-order valence-electron chi connectivity index (χ1n) is 9.43. The molecule has 0 spiro atoms. The van der Waals surface area contributed by atoms with Crippen molar-refractivity contribution in [3.05, 3.63) is 64.7 Å². The monoisotopic (exact) mass is 398 g/mol. The Morgan fingerprint density at radius 2 is 2.07 bits per heavy atom. The van der Waals surface area contributed by atoms with Crippen molar-refractivity contribution in [2.45, 2.75) is 32.2 Å². The molecule has 28 heavy (non-hydrogen) atoms. The maximum Gasteiger partial charge on any atom is 0.275 e. The number of piperidine rings is 1. The minimum absolute atomic E-state index is 0.106. The number of likely N-dealkylation sites (tertiary alicyclic amines) is 1. The van der Waals surface area contributed by atoms with Gasteiger partial charge in [0.25, 0.3) is 5.91 Å². The molecule has 1 saturated heterocycles. The average Bonchev–Trinajstić information content (AvgIpc) is 3.28. The van der Waals surface area contributed by atoms with Crippen molar-refractivity contribution >= 4 is 17.5 Å². The van der Waals surface area contributed by atoms with E-state index in [1.54, 1.807) is 24.1 Å². The van der Waals surface area contributed by atoms with Gasteiger partial charge in [0.15, 0.2) is 5.69 Å². The van der Waals surface area contributed by atoms with E-state index in [2.05, 4.69) is 19.6 Å². The number of carbonyl (C=O) groups is 1. The molecule has 4 heterocycles. The summed E-state index contributed by atoms with van der Waals surface area (Å²) in [6, 6.07) is 4.01. The lowest BCUT2D eigenvalue weighted by Gasteiger charge is -2.32. The Morgan fingerprint density at radius 1 is 1.29 bits per heavy atom. The number of aryl methyl sites for hydroxylation is 1. The van der Waals surface area contributed by atoms with Crippen molar-refractivity contribution < 1.29 is 4.79 Å². The van der Waals surface area contributed by atoms with Crippen LogP contribution in [0, 0.1) is 6.92 Å². The van der Waals surface area contributed by atoms with Crippen LogP contribution < -0.4 is 0 Å². The summed E-state index contributed by atoms with van der Waals surface area (Å²) in [5.41, 5.74) is 2.31. The Balaban J connectivity index is 1.52. The number of carbonyl (C=O) groups excluding carboxylic acids is 1. The van der Waals surface area contributed by atoms with Crippen molar-refractivity contribution in [3.8, 4) is 0 Å². The van der Waals surface area contributed by atoms with Crippen LogP contribution >= 0.6 is 11.6 Å². The van der Waals surface area contributed by atoms with Gasteiger partial charge in [-0.3, -0.25) is 14.5 Å². The molecule has 7 nitrogen and oxygen atoms in total. The van der Waals surface area contributed by atoms with Crippen LogP contribution in [0.1, 0.15) is 46.3 Å². The Kier molecular flexibility index (Phi) is 5.17. The summed E-state index contributed by atoms with van der Waals surface area (Å²) < 4.78 is 3.81. The standard InChI is InChI=1S/C20H23ClN6O/c1-14-17(21)18(24-25(14)2)20(28)27-10-3-4-16(13-27)19-23-9-11-26(19)12-15-5-7-22-8-6-15/h5-9,11,16H,3-4,10,12-13H2,1-2H3/t16-/m1/s1. The molecule has 0 bridgehead atoms. The molecule has 0 aromatic carbocycles. The van der Waals surface area contributed by atoms with E-state index in [-0.39, 0.29) is 11.8 Å². The van der Waals surface area contributed by atoms with E-state index in [9.17, 15) is 4.79 Å². The Hall–Kier alpha value is -2.67. The number of hydrogen-bond donors (Lipinski definition) is 0. The van der Waals surface area contributed by atoms with Crippen molar-refractivity contribution in [2.24, 2.45) is 7.05 Å². The van der Waals surface area contributed by atoms with Gasteiger partial charge in [0.05, 0.1) is 10.7 Å². The second-order valence-corrected chi connectivity index (χ2v) is 7.61. The van der Waals surface area contributed by atoms with Gasteiger partial charge in [0.1, 0.15) is 5.82 Å². The number of rotatable bonds is 4. The van der Waals surface area contributed by atoms with Crippen LogP contribution in [0.2, 0.25) is 5.02 Å². The predicted molar refractivity (Wildman–Crippen MR) is 106 cm³/mol. The maximum absolute atomic E-state index is 13.0. The molecular formula is C20H23ClN6O. The third-order valence-electron chi connectivity index (χ3n) is 5.39. The highest BCUT2D eigenvalue weighted by atomic mass is 35.5. The fourth-order valence-electron chi connectivity index (χ4n) is 3.74. The zero-order chi connectivity index (χ0) is 19.7. The van der Waals surface area contributed by atoms with Crippen LogP contribution in [0.3, 0.4) is 0 Å². The molecule has 0 N–H and O–H groups in total. The molecule has 0 unspecified atom stereocenters. The van der Waals surface area contributed by atoms with Gasteiger partial charge in [-0.05, 0) is 37.5 Å². The largest absolute Gasteiger partial charge is 0.336 e. The van der Waals surface area contributed by atoms with E-state index >= 15 is 0 Å². The van der Waals surface area contributed by atoms with E-state index in [0.717, 1.165) is 30.9 Å². The van der Waals surface area contributed by atoms with Gasteiger partial charge in [0.2, 0.25) is 0 Å². The molecule has 1 aliphatic rings. The Morgan fingerprint density at radius 3 is 2.79 bits per heavy atom. The lowest BCUT2D eigenvalue weighted by Crippen LogP contribution is -2.40. The molecule has 1 fully saturated rings. The summed E-state index contributed by atoms with van der Waals surface area (Å²) in [6.07, 6.45) is 9.36. The lowest BCUT2D eigenvalue weighted by molar-refractivity contribution is 0.0697. The zero-order valence-electron chi connectivity index (χ0n) is 16.0. The topological polar surface area (TPSA) is 68.8 Å². The predicted octanol–water partition coefficient (Wildman–Crippen LogP) is 3.04. The molecule has 3 aromatic rings. The Bertz CT molecular complexity index is 980. The number of pyridine rings is 1. The third-order valence-corrected chi connectivity index (χ3v) is 5.84. The molecule has 0 aliphatic carbocycles. The summed E-state index contributed by atoms with van der Waals surface area (Å²) in [5, 5.41) is 4.75. The van der Waals surface area contributed by atoms with Crippen molar-refractivity contribution in [3.63, 3.8) is 0 Å². The number of aromatic nitrogens is 5. The summed E-state index contributed by atoms with van der Waals surface area (Å²) in [4.78, 5) is 23.5. The Labute approximate surface area is 169 Å². The number of nitrogens with zero attached hydrogens (tertiary/aromatic N) is 6. The highest BCUT2D eigenvalue weighted by molar-refractivity contribution is 6.34. The number of halogens is 1. The van der Waals surface area contributed by atoms with Crippen LogP contribution in [0.25, 0.3) is 0 Å². The van der Waals surface area contributed by atoms with E-state index in [1.807, 2.05) is 36.4 Å². The fourth-order valence-corrected chi connectivity index (χ4v) is 3.98. The summed E-state index contributed by atoms with van der Waals surface area (Å²) in [5.74, 6) is 1.10. The first-order chi connectivity index (χ1) is 13.5. The first kappa shape index (κ1) is 18.7. The van der Waals surface area contributed by atoms with Crippen molar-refractivity contribution in [1.82, 2.24) is 29.2 Å². The molecule has 8 heteroatoms. The normalized spacial score (nSPS) is 17.1. The maximum atomic E-state index is 13.0. The van der Waals surface area contributed by atoms with Gasteiger partial charge in [-0.2, -0.15) is 5.10 Å². The molecule has 0 saturated carbocycles. The van der Waals surface area contributed by atoms with Gasteiger partial charge >= 0.3 is 0 Å². The molecular weight excluding hydrogens is 376 g/mol. The lowest BCUT2D eigenvalue weighted by atomic mass is 9.96. The van der Waals surface area contributed by atoms with Crippen LogP contribution in [0.15, 0.2) is 36.9 Å². The average molecular weight is 399 g/mol. The van der Waals surface area contributed by atoms with E-state index in [0.29, 0.717) is 23.8 Å². The van der Waals surface area contributed by atoms with E-state index in [1.165, 1.54) is 5.56 Å². The minimum atomic E-state index is -0.106. The first-order valence-corrected chi connectivity index (χ1v) is 9.80. The molecule has 1 aliphatic heterocycles. The number of hydrogen-bond acceptors (Lipinski definition) is 4. The van der Waals surface area contributed by atoms with Crippen molar-refractivity contribution in [1.29, 1.82) is 0 Å². The second kappa shape index (κ2) is 7.75. The number of imidazole rings is 1. The summed E-state index contributed by atoms with van der Waals surface area (Å²) >= 11 is 6.33. The van der Waals surface area contributed by atoms with Gasteiger partial charge < -0.3 is 9.47 Å². The van der Waals surface area contributed by atoms with E-state index < -0.39 is 0 Å². The molecule has 3 aromatic heterocycles. The van der Waals surface area contributed by atoms with Gasteiger partial charge in [-0.1, -0.05) is 11.6 Å². The van der Waals surface area contributed by atoms with Crippen LogP contribution in [-0.4, -0.2) is 48.2 Å². The fraction of sp³-hybridized carbons (Fsp3) is 0.400. The van der Waals surface area contributed by atoms with Gasteiger partial charge in [-0.15, -0.1) is 0 Å². The van der Waals surface area contributed by atoms with Crippen LogP contribution in [0.5, 0.6) is 0 Å². The molecule has 1 amide bonds.